The van der Waals surface area contributed by atoms with Gasteiger partial charge in [0.25, 0.3) is 5.91 Å². The average Bonchev–Trinajstić information content (AvgIpc) is 2.77. The lowest BCUT2D eigenvalue weighted by atomic mass is 10.2. The summed E-state index contributed by atoms with van der Waals surface area (Å²) in [5, 5.41) is 3.28. The molecular formula is C22H19NO7. The van der Waals surface area contributed by atoms with E-state index in [9.17, 15) is 14.4 Å². The second-order valence-corrected chi connectivity index (χ2v) is 6.63. The first-order valence-corrected chi connectivity index (χ1v) is 9.48. The number of amides is 1. The molecule has 0 saturated heterocycles. The molecule has 4 rings (SSSR count). The number of carbonyl (C=O) groups excluding carboxylic acids is 2. The van der Waals surface area contributed by atoms with Crippen molar-refractivity contribution in [2.75, 3.05) is 19.8 Å². The highest BCUT2D eigenvalue weighted by molar-refractivity contribution is 5.96. The number of fused-ring (bicyclic) bond motifs is 2. The van der Waals surface area contributed by atoms with Gasteiger partial charge in [0.1, 0.15) is 17.8 Å². The van der Waals surface area contributed by atoms with E-state index < -0.39 is 23.6 Å². The maximum atomic E-state index is 12.3. The Morgan fingerprint density at radius 2 is 1.83 bits per heavy atom. The number of carbonyl (C=O) groups is 2. The van der Waals surface area contributed by atoms with Crippen LogP contribution in [-0.2, 0) is 9.53 Å². The third kappa shape index (κ3) is 4.27. The van der Waals surface area contributed by atoms with E-state index >= 15 is 0 Å². The highest BCUT2D eigenvalue weighted by Crippen LogP contribution is 2.31. The zero-order valence-electron chi connectivity index (χ0n) is 16.0. The van der Waals surface area contributed by atoms with Crippen LogP contribution < -0.4 is 20.4 Å². The Morgan fingerprint density at radius 1 is 1.07 bits per heavy atom. The van der Waals surface area contributed by atoms with Crippen LogP contribution >= 0.6 is 0 Å². The molecule has 8 nitrogen and oxygen atoms in total. The average molecular weight is 409 g/mol. The number of hydrogen-bond donors (Lipinski definition) is 1. The molecule has 8 heteroatoms. The Morgan fingerprint density at radius 3 is 2.70 bits per heavy atom. The SMILES string of the molecule is O=C(NCCCOC(=O)[C@H]1COc2ccccc2O1)c1cc2ccccc2oc1=O. The number of ether oxygens (including phenoxy) is 3. The van der Waals surface area contributed by atoms with E-state index in [4.69, 9.17) is 18.6 Å². The van der Waals surface area contributed by atoms with Crippen LogP contribution in [-0.4, -0.2) is 37.7 Å². The fourth-order valence-corrected chi connectivity index (χ4v) is 2.99. The lowest BCUT2D eigenvalue weighted by Gasteiger charge is -2.24. The van der Waals surface area contributed by atoms with Gasteiger partial charge in [-0.3, -0.25) is 4.79 Å². The number of esters is 1. The normalized spacial score (nSPS) is 14.9. The van der Waals surface area contributed by atoms with Crippen molar-refractivity contribution in [1.82, 2.24) is 5.32 Å². The van der Waals surface area contributed by atoms with E-state index in [1.807, 2.05) is 6.07 Å². The molecule has 30 heavy (non-hydrogen) atoms. The lowest BCUT2D eigenvalue weighted by molar-refractivity contribution is -0.154. The van der Waals surface area contributed by atoms with E-state index in [-0.39, 0.29) is 25.3 Å². The summed E-state index contributed by atoms with van der Waals surface area (Å²) in [7, 11) is 0. The minimum absolute atomic E-state index is 0.0721. The number of rotatable bonds is 6. The third-order valence-corrected chi connectivity index (χ3v) is 4.51. The first kappa shape index (κ1) is 19.5. The standard InChI is InChI=1S/C22H19NO7/c24-20(15-12-14-6-1-2-7-16(14)30-21(15)25)23-10-5-11-27-22(26)19-13-28-17-8-3-4-9-18(17)29-19/h1-4,6-9,12,19H,5,10-11,13H2,(H,23,24)/t19-/m1/s1. The van der Waals surface area contributed by atoms with Crippen molar-refractivity contribution in [2.45, 2.75) is 12.5 Å². The summed E-state index contributed by atoms with van der Waals surface area (Å²) >= 11 is 0. The van der Waals surface area contributed by atoms with E-state index in [1.165, 1.54) is 6.07 Å². The van der Waals surface area contributed by atoms with E-state index in [0.717, 1.165) is 0 Å². The molecule has 0 aliphatic carbocycles. The van der Waals surface area contributed by atoms with Crippen molar-refractivity contribution >= 4 is 22.8 Å². The molecule has 3 aromatic rings. The molecule has 0 saturated carbocycles. The van der Waals surface area contributed by atoms with Crippen molar-refractivity contribution in [2.24, 2.45) is 0 Å². The van der Waals surface area contributed by atoms with Gasteiger partial charge in [0.05, 0.1) is 6.61 Å². The van der Waals surface area contributed by atoms with Crippen LogP contribution in [0.5, 0.6) is 11.5 Å². The quantitative estimate of drug-likeness (QED) is 0.378. The Labute approximate surface area is 171 Å². The number of para-hydroxylation sites is 3. The van der Waals surface area contributed by atoms with Crippen molar-refractivity contribution in [3.05, 3.63) is 70.6 Å². The van der Waals surface area contributed by atoms with Crippen LogP contribution in [0.25, 0.3) is 11.0 Å². The zero-order chi connectivity index (χ0) is 20.9. The van der Waals surface area contributed by atoms with E-state index in [2.05, 4.69) is 5.32 Å². The summed E-state index contributed by atoms with van der Waals surface area (Å²) in [5.41, 5.74) is -0.355. The van der Waals surface area contributed by atoms with Crippen molar-refractivity contribution in [1.29, 1.82) is 0 Å². The Hall–Kier alpha value is -3.81. The molecule has 154 valence electrons. The van der Waals surface area contributed by atoms with Crippen LogP contribution in [0.15, 0.2) is 63.8 Å². The molecule has 1 aromatic heterocycles. The minimum Gasteiger partial charge on any atom is -0.485 e. The molecule has 0 spiro atoms. The maximum absolute atomic E-state index is 12.3. The Balaban J connectivity index is 1.23. The van der Waals surface area contributed by atoms with Gasteiger partial charge in [-0.25, -0.2) is 9.59 Å². The van der Waals surface area contributed by atoms with Gasteiger partial charge >= 0.3 is 11.6 Å². The minimum atomic E-state index is -0.836. The van der Waals surface area contributed by atoms with Gasteiger partial charge < -0.3 is 23.9 Å². The monoisotopic (exact) mass is 409 g/mol. The summed E-state index contributed by atoms with van der Waals surface area (Å²) in [6.45, 7) is 0.389. The first-order chi connectivity index (χ1) is 14.6. The van der Waals surface area contributed by atoms with Crippen molar-refractivity contribution < 1.29 is 28.2 Å². The maximum Gasteiger partial charge on any atom is 0.350 e. The molecule has 0 fully saturated rings. The van der Waals surface area contributed by atoms with Crippen LogP contribution in [0.4, 0.5) is 0 Å². The van der Waals surface area contributed by atoms with Crippen LogP contribution in [0.1, 0.15) is 16.8 Å². The summed E-state index contributed by atoms with van der Waals surface area (Å²) in [4.78, 5) is 36.4. The highest BCUT2D eigenvalue weighted by Gasteiger charge is 2.28. The molecule has 1 N–H and O–H groups in total. The van der Waals surface area contributed by atoms with E-state index in [1.54, 1.807) is 42.5 Å². The summed E-state index contributed by atoms with van der Waals surface area (Å²) in [6, 6.07) is 15.5. The molecule has 1 aliphatic heterocycles. The first-order valence-electron chi connectivity index (χ1n) is 9.48. The van der Waals surface area contributed by atoms with Gasteiger partial charge in [0, 0.05) is 11.9 Å². The van der Waals surface area contributed by atoms with Crippen molar-refractivity contribution in [3.8, 4) is 11.5 Å². The molecule has 1 amide bonds. The lowest BCUT2D eigenvalue weighted by Crippen LogP contribution is -2.38. The van der Waals surface area contributed by atoms with E-state index in [0.29, 0.717) is 28.9 Å². The smallest absolute Gasteiger partial charge is 0.350 e. The van der Waals surface area contributed by atoms with Gasteiger partial charge in [0.2, 0.25) is 6.10 Å². The Bertz CT molecular complexity index is 1140. The molecule has 0 radical (unpaired) electrons. The zero-order valence-corrected chi connectivity index (χ0v) is 16.0. The molecule has 2 heterocycles. The third-order valence-electron chi connectivity index (χ3n) is 4.51. The summed E-state index contributed by atoms with van der Waals surface area (Å²) in [6.07, 6.45) is -0.461. The second kappa shape index (κ2) is 8.69. The topological polar surface area (TPSA) is 104 Å². The molecule has 1 atom stereocenters. The molecule has 1 aliphatic rings. The van der Waals surface area contributed by atoms with Gasteiger partial charge in [0.15, 0.2) is 11.5 Å². The van der Waals surface area contributed by atoms with Crippen LogP contribution in [0, 0.1) is 0 Å². The van der Waals surface area contributed by atoms with Gasteiger partial charge in [-0.2, -0.15) is 0 Å². The number of hydrogen-bond acceptors (Lipinski definition) is 7. The predicted octanol–water partition coefficient (Wildman–Crippen LogP) is 2.30. The molecule has 0 bridgehead atoms. The van der Waals surface area contributed by atoms with Crippen LogP contribution in [0.3, 0.4) is 0 Å². The highest BCUT2D eigenvalue weighted by atomic mass is 16.6. The number of nitrogens with one attached hydrogen (secondary N) is 1. The van der Waals surface area contributed by atoms with Gasteiger partial charge in [-0.05, 0) is 30.7 Å². The fraction of sp³-hybridized carbons (Fsp3) is 0.227. The second-order valence-electron chi connectivity index (χ2n) is 6.63. The molecular weight excluding hydrogens is 390 g/mol. The molecule has 2 aromatic carbocycles. The molecule has 0 unspecified atom stereocenters. The summed E-state index contributed by atoms with van der Waals surface area (Å²) in [5.74, 6) is 0.00191. The number of benzene rings is 2. The van der Waals surface area contributed by atoms with Gasteiger partial charge in [-0.1, -0.05) is 30.3 Å². The fourth-order valence-electron chi connectivity index (χ4n) is 2.99. The Kier molecular flexibility index (Phi) is 5.65. The largest absolute Gasteiger partial charge is 0.485 e. The van der Waals surface area contributed by atoms with Gasteiger partial charge in [-0.15, -0.1) is 0 Å². The van der Waals surface area contributed by atoms with Crippen molar-refractivity contribution in [3.63, 3.8) is 0 Å². The van der Waals surface area contributed by atoms with Crippen LogP contribution in [0.2, 0.25) is 0 Å². The predicted molar refractivity (Wildman–Crippen MR) is 107 cm³/mol. The summed E-state index contributed by atoms with van der Waals surface area (Å²) < 4.78 is 21.4.